The number of carbonyl (C=O) groups excluding carboxylic acids is 1. The summed E-state index contributed by atoms with van der Waals surface area (Å²) < 4.78 is 6.06. The van der Waals surface area contributed by atoms with Crippen molar-refractivity contribution in [1.29, 1.82) is 0 Å². The Morgan fingerprint density at radius 1 is 1.33 bits per heavy atom. The second-order valence-corrected chi connectivity index (χ2v) is 6.20. The number of nitrogens with zero attached hydrogens (tertiary/aromatic N) is 2. The molecule has 0 saturated carbocycles. The van der Waals surface area contributed by atoms with Gasteiger partial charge in [-0.3, -0.25) is 4.79 Å². The Labute approximate surface area is 110 Å². The third kappa shape index (κ3) is 3.23. The molecule has 2 heterocycles. The molecule has 0 radical (unpaired) electrons. The number of piperidine rings is 1. The van der Waals surface area contributed by atoms with Crippen molar-refractivity contribution >= 4 is 5.91 Å². The maximum absolute atomic E-state index is 11.5. The third-order valence-electron chi connectivity index (χ3n) is 3.94. The summed E-state index contributed by atoms with van der Waals surface area (Å²) in [6, 6.07) is 0. The van der Waals surface area contributed by atoms with Crippen molar-refractivity contribution < 1.29 is 9.53 Å². The maximum atomic E-state index is 11.5. The topological polar surface area (TPSA) is 32.8 Å². The molecule has 104 valence electrons. The normalized spacial score (nSPS) is 30.1. The third-order valence-corrected chi connectivity index (χ3v) is 3.94. The van der Waals surface area contributed by atoms with Crippen LogP contribution in [0.2, 0.25) is 0 Å². The molecule has 4 nitrogen and oxygen atoms in total. The molecule has 1 amide bonds. The van der Waals surface area contributed by atoms with Crippen LogP contribution in [-0.4, -0.2) is 60.6 Å². The van der Waals surface area contributed by atoms with Gasteiger partial charge in [0.2, 0.25) is 5.91 Å². The van der Waals surface area contributed by atoms with Gasteiger partial charge in [-0.05, 0) is 25.3 Å². The minimum absolute atomic E-state index is 0.100. The monoisotopic (exact) mass is 254 g/mol. The molecule has 4 heteroatoms. The summed E-state index contributed by atoms with van der Waals surface area (Å²) in [6.45, 7) is 11.7. The highest BCUT2D eigenvalue weighted by Gasteiger charge is 2.41. The van der Waals surface area contributed by atoms with Gasteiger partial charge in [-0.2, -0.15) is 0 Å². The molecule has 2 rings (SSSR count). The molecule has 1 atom stereocenters. The number of morpholine rings is 1. The van der Waals surface area contributed by atoms with Gasteiger partial charge in [-0.1, -0.05) is 13.8 Å². The SMILES string of the molecule is CC(=O)N1CCO[C@@]2(CCCN(CC(C)C)C2)C1. The van der Waals surface area contributed by atoms with Gasteiger partial charge in [0.25, 0.3) is 0 Å². The van der Waals surface area contributed by atoms with Gasteiger partial charge in [0.05, 0.1) is 18.8 Å². The second-order valence-electron chi connectivity index (χ2n) is 6.20. The molecule has 0 aliphatic carbocycles. The summed E-state index contributed by atoms with van der Waals surface area (Å²) in [7, 11) is 0. The zero-order valence-corrected chi connectivity index (χ0v) is 11.9. The summed E-state index contributed by atoms with van der Waals surface area (Å²) in [4.78, 5) is 16.0. The Morgan fingerprint density at radius 2 is 2.11 bits per heavy atom. The van der Waals surface area contributed by atoms with E-state index >= 15 is 0 Å². The van der Waals surface area contributed by atoms with Gasteiger partial charge in [0.15, 0.2) is 0 Å². The van der Waals surface area contributed by atoms with E-state index in [9.17, 15) is 4.79 Å². The highest BCUT2D eigenvalue weighted by Crippen LogP contribution is 2.29. The van der Waals surface area contributed by atoms with Crippen LogP contribution in [0.1, 0.15) is 33.6 Å². The van der Waals surface area contributed by atoms with Gasteiger partial charge in [-0.15, -0.1) is 0 Å². The first kappa shape index (κ1) is 13.8. The quantitative estimate of drug-likeness (QED) is 0.746. The average molecular weight is 254 g/mol. The van der Waals surface area contributed by atoms with Crippen molar-refractivity contribution in [3.8, 4) is 0 Å². The van der Waals surface area contributed by atoms with E-state index in [1.54, 1.807) is 6.92 Å². The molecular formula is C14H26N2O2. The fourth-order valence-corrected chi connectivity index (χ4v) is 3.22. The molecule has 0 aromatic heterocycles. The van der Waals surface area contributed by atoms with E-state index in [-0.39, 0.29) is 11.5 Å². The summed E-state index contributed by atoms with van der Waals surface area (Å²) in [5.41, 5.74) is -0.100. The number of amides is 1. The first-order valence-electron chi connectivity index (χ1n) is 7.13. The van der Waals surface area contributed by atoms with Crippen LogP contribution in [0.4, 0.5) is 0 Å². The van der Waals surface area contributed by atoms with Crippen LogP contribution in [0.3, 0.4) is 0 Å². The molecular weight excluding hydrogens is 228 g/mol. The van der Waals surface area contributed by atoms with Crippen molar-refractivity contribution in [3.63, 3.8) is 0 Å². The molecule has 2 aliphatic heterocycles. The minimum Gasteiger partial charge on any atom is -0.370 e. The number of hydrogen-bond donors (Lipinski definition) is 0. The molecule has 0 aromatic carbocycles. The fraction of sp³-hybridized carbons (Fsp3) is 0.929. The zero-order chi connectivity index (χ0) is 13.2. The molecule has 18 heavy (non-hydrogen) atoms. The van der Waals surface area contributed by atoms with E-state index in [1.807, 2.05) is 4.90 Å². The lowest BCUT2D eigenvalue weighted by Gasteiger charge is -2.48. The van der Waals surface area contributed by atoms with E-state index < -0.39 is 0 Å². The fourth-order valence-electron chi connectivity index (χ4n) is 3.22. The van der Waals surface area contributed by atoms with E-state index in [1.165, 1.54) is 13.0 Å². The summed E-state index contributed by atoms with van der Waals surface area (Å²) in [5, 5.41) is 0. The Morgan fingerprint density at radius 3 is 2.78 bits per heavy atom. The number of carbonyl (C=O) groups is 1. The van der Waals surface area contributed by atoms with E-state index in [2.05, 4.69) is 18.7 Å². The van der Waals surface area contributed by atoms with Crippen LogP contribution in [0.15, 0.2) is 0 Å². The predicted octanol–water partition coefficient (Wildman–Crippen LogP) is 1.36. The number of hydrogen-bond acceptors (Lipinski definition) is 3. The number of rotatable bonds is 2. The summed E-state index contributed by atoms with van der Waals surface area (Å²) >= 11 is 0. The van der Waals surface area contributed by atoms with Gasteiger partial charge < -0.3 is 14.5 Å². The Kier molecular flexibility index (Phi) is 4.28. The van der Waals surface area contributed by atoms with Crippen LogP contribution < -0.4 is 0 Å². The second kappa shape index (κ2) is 5.57. The molecule has 0 unspecified atom stereocenters. The predicted molar refractivity (Wildman–Crippen MR) is 71.4 cm³/mol. The summed E-state index contributed by atoms with van der Waals surface area (Å²) in [5.74, 6) is 0.867. The Balaban J connectivity index is 1.99. The van der Waals surface area contributed by atoms with Crippen molar-refractivity contribution in [1.82, 2.24) is 9.80 Å². The van der Waals surface area contributed by atoms with E-state index in [0.29, 0.717) is 12.5 Å². The van der Waals surface area contributed by atoms with Crippen LogP contribution in [-0.2, 0) is 9.53 Å². The van der Waals surface area contributed by atoms with Gasteiger partial charge in [0, 0.05) is 26.6 Å². The molecule has 0 aromatic rings. The molecule has 2 fully saturated rings. The molecule has 2 saturated heterocycles. The van der Waals surface area contributed by atoms with Crippen LogP contribution >= 0.6 is 0 Å². The average Bonchev–Trinajstić information content (AvgIpc) is 2.28. The highest BCUT2D eigenvalue weighted by molar-refractivity contribution is 5.73. The van der Waals surface area contributed by atoms with Crippen molar-refractivity contribution in [2.24, 2.45) is 5.92 Å². The van der Waals surface area contributed by atoms with Gasteiger partial charge >= 0.3 is 0 Å². The zero-order valence-electron chi connectivity index (χ0n) is 11.9. The lowest BCUT2D eigenvalue weighted by Crippen LogP contribution is -2.60. The van der Waals surface area contributed by atoms with Crippen LogP contribution in [0.25, 0.3) is 0 Å². The van der Waals surface area contributed by atoms with Crippen molar-refractivity contribution in [2.75, 3.05) is 39.3 Å². The van der Waals surface area contributed by atoms with E-state index in [0.717, 1.165) is 32.6 Å². The number of ether oxygens (including phenoxy) is 1. The van der Waals surface area contributed by atoms with Gasteiger partial charge in [0.1, 0.15) is 0 Å². The lowest BCUT2D eigenvalue weighted by molar-refractivity contribution is -0.159. The van der Waals surface area contributed by atoms with E-state index in [4.69, 9.17) is 4.74 Å². The van der Waals surface area contributed by atoms with Crippen LogP contribution in [0, 0.1) is 5.92 Å². The highest BCUT2D eigenvalue weighted by atomic mass is 16.5. The first-order valence-corrected chi connectivity index (χ1v) is 7.13. The maximum Gasteiger partial charge on any atom is 0.219 e. The Bertz CT molecular complexity index is 302. The summed E-state index contributed by atoms with van der Waals surface area (Å²) in [6.07, 6.45) is 2.27. The molecule has 2 aliphatic rings. The molecule has 0 bridgehead atoms. The molecule has 1 spiro atoms. The van der Waals surface area contributed by atoms with Crippen molar-refractivity contribution in [2.45, 2.75) is 39.2 Å². The van der Waals surface area contributed by atoms with Crippen LogP contribution in [0.5, 0.6) is 0 Å². The first-order chi connectivity index (χ1) is 8.51. The minimum atomic E-state index is -0.100. The van der Waals surface area contributed by atoms with Crippen molar-refractivity contribution in [3.05, 3.63) is 0 Å². The standard InChI is InChI=1S/C14H26N2O2/c1-12(2)9-15-6-4-5-14(10-15)11-16(13(3)17)7-8-18-14/h12H,4-11H2,1-3H3/t14-/m1/s1. The number of likely N-dealkylation sites (tertiary alicyclic amines) is 1. The smallest absolute Gasteiger partial charge is 0.219 e. The molecule has 0 N–H and O–H groups in total. The lowest BCUT2D eigenvalue weighted by atomic mass is 9.90. The largest absolute Gasteiger partial charge is 0.370 e. The Hall–Kier alpha value is -0.610. The van der Waals surface area contributed by atoms with Gasteiger partial charge in [-0.25, -0.2) is 0 Å².